The Labute approximate surface area is 159 Å². The lowest BCUT2D eigenvalue weighted by atomic mass is 10.1. The van der Waals surface area contributed by atoms with Crippen molar-refractivity contribution >= 4 is 11.5 Å². The number of aliphatic hydroxyl groups is 1. The summed E-state index contributed by atoms with van der Waals surface area (Å²) in [6, 6.07) is 13.8. The Morgan fingerprint density at radius 1 is 1.11 bits per heavy atom. The summed E-state index contributed by atoms with van der Waals surface area (Å²) >= 11 is 0. The van der Waals surface area contributed by atoms with E-state index in [1.807, 2.05) is 11.0 Å². The fourth-order valence-electron chi connectivity index (χ4n) is 3.30. The quantitative estimate of drug-likeness (QED) is 0.757. The summed E-state index contributed by atoms with van der Waals surface area (Å²) in [5.74, 6) is 0.223. The van der Waals surface area contributed by atoms with Crippen molar-refractivity contribution in [3.8, 4) is 5.75 Å². The van der Waals surface area contributed by atoms with E-state index < -0.39 is 6.10 Å². The highest BCUT2D eigenvalue weighted by atomic mass is 19.1. The Bertz CT molecular complexity index is 776. The Kier molecular flexibility index (Phi) is 6.42. The number of rotatable bonds is 7. The van der Waals surface area contributed by atoms with Gasteiger partial charge in [0.25, 0.3) is 0 Å². The first-order chi connectivity index (χ1) is 13.0. The summed E-state index contributed by atoms with van der Waals surface area (Å²) in [5, 5.41) is 10.3. The van der Waals surface area contributed by atoms with Crippen LogP contribution in [0.15, 0.2) is 48.5 Å². The van der Waals surface area contributed by atoms with E-state index in [-0.39, 0.29) is 18.2 Å². The van der Waals surface area contributed by atoms with Crippen molar-refractivity contribution in [2.45, 2.75) is 13.0 Å². The predicted octanol–water partition coefficient (Wildman–Crippen LogP) is 2.59. The van der Waals surface area contributed by atoms with E-state index in [0.29, 0.717) is 36.6 Å². The number of hydrogen-bond donors (Lipinski definition) is 1. The third kappa shape index (κ3) is 5.05. The lowest BCUT2D eigenvalue weighted by molar-refractivity contribution is 0.0656. The SMILES string of the molecule is CC(=O)c1ccccc1OCC(O)CN1CCN(c2ccccc2F)CC1. The second-order valence-electron chi connectivity index (χ2n) is 6.76. The minimum absolute atomic E-state index is 0.0654. The molecular formula is C21H25FN2O3. The molecule has 0 saturated carbocycles. The van der Waals surface area contributed by atoms with Gasteiger partial charge in [-0.3, -0.25) is 9.69 Å². The van der Waals surface area contributed by atoms with Crippen LogP contribution in [0.3, 0.4) is 0 Å². The molecule has 144 valence electrons. The van der Waals surface area contributed by atoms with Crippen LogP contribution in [0.2, 0.25) is 0 Å². The summed E-state index contributed by atoms with van der Waals surface area (Å²) < 4.78 is 19.5. The molecule has 0 radical (unpaired) electrons. The highest BCUT2D eigenvalue weighted by Crippen LogP contribution is 2.21. The first-order valence-corrected chi connectivity index (χ1v) is 9.17. The molecule has 2 aromatic carbocycles. The maximum Gasteiger partial charge on any atom is 0.163 e. The number of aliphatic hydroxyl groups excluding tert-OH is 1. The molecule has 0 amide bonds. The van der Waals surface area contributed by atoms with Crippen molar-refractivity contribution in [2.75, 3.05) is 44.2 Å². The maximum absolute atomic E-state index is 13.9. The van der Waals surface area contributed by atoms with Crippen LogP contribution in [-0.4, -0.2) is 61.2 Å². The number of hydrogen-bond acceptors (Lipinski definition) is 5. The van der Waals surface area contributed by atoms with Gasteiger partial charge in [0.1, 0.15) is 24.3 Å². The molecule has 1 saturated heterocycles. The summed E-state index contributed by atoms with van der Waals surface area (Å²) in [6.45, 7) is 5.01. The van der Waals surface area contributed by atoms with Gasteiger partial charge in [0.15, 0.2) is 5.78 Å². The van der Waals surface area contributed by atoms with Crippen molar-refractivity contribution < 1.29 is 19.0 Å². The number of halogens is 1. The topological polar surface area (TPSA) is 53.0 Å². The van der Waals surface area contributed by atoms with Gasteiger partial charge in [0, 0.05) is 32.7 Å². The molecular weight excluding hydrogens is 347 g/mol. The van der Waals surface area contributed by atoms with E-state index in [1.165, 1.54) is 13.0 Å². The molecule has 1 fully saturated rings. The average molecular weight is 372 g/mol. The zero-order valence-corrected chi connectivity index (χ0v) is 15.5. The van der Waals surface area contributed by atoms with Crippen LogP contribution >= 0.6 is 0 Å². The first kappa shape index (κ1) is 19.3. The molecule has 1 aliphatic rings. The number of carbonyl (C=O) groups is 1. The molecule has 1 heterocycles. The van der Waals surface area contributed by atoms with Crippen LogP contribution in [0.25, 0.3) is 0 Å². The summed E-state index contributed by atoms with van der Waals surface area (Å²) in [6.07, 6.45) is -0.662. The normalized spacial score (nSPS) is 16.2. The van der Waals surface area contributed by atoms with E-state index >= 15 is 0 Å². The van der Waals surface area contributed by atoms with Crippen LogP contribution in [0.4, 0.5) is 10.1 Å². The maximum atomic E-state index is 13.9. The Balaban J connectivity index is 1.47. The molecule has 3 rings (SSSR count). The number of ether oxygens (including phenoxy) is 1. The van der Waals surface area contributed by atoms with Crippen LogP contribution in [0.5, 0.6) is 5.75 Å². The molecule has 1 aliphatic heterocycles. The van der Waals surface area contributed by atoms with Gasteiger partial charge in [-0.2, -0.15) is 0 Å². The fraction of sp³-hybridized carbons (Fsp3) is 0.381. The summed E-state index contributed by atoms with van der Waals surface area (Å²) in [7, 11) is 0. The lowest BCUT2D eigenvalue weighted by Gasteiger charge is -2.37. The van der Waals surface area contributed by atoms with E-state index in [1.54, 1.807) is 36.4 Å². The smallest absolute Gasteiger partial charge is 0.163 e. The second-order valence-corrected chi connectivity index (χ2v) is 6.76. The van der Waals surface area contributed by atoms with Gasteiger partial charge in [-0.1, -0.05) is 24.3 Å². The number of ketones is 1. The van der Waals surface area contributed by atoms with E-state index in [4.69, 9.17) is 4.74 Å². The van der Waals surface area contributed by atoms with Crippen molar-refractivity contribution in [3.05, 3.63) is 59.9 Å². The molecule has 27 heavy (non-hydrogen) atoms. The number of benzene rings is 2. The minimum Gasteiger partial charge on any atom is -0.490 e. The first-order valence-electron chi connectivity index (χ1n) is 9.17. The number of anilines is 1. The Hall–Kier alpha value is -2.44. The lowest BCUT2D eigenvalue weighted by Crippen LogP contribution is -2.49. The molecule has 0 aliphatic carbocycles. The number of Topliss-reactive ketones (excluding diaryl/α,β-unsaturated/α-hetero) is 1. The monoisotopic (exact) mass is 372 g/mol. The molecule has 0 aromatic heterocycles. The van der Waals surface area contributed by atoms with E-state index in [2.05, 4.69) is 4.90 Å². The molecule has 1 atom stereocenters. The van der Waals surface area contributed by atoms with Crippen LogP contribution in [0.1, 0.15) is 17.3 Å². The highest BCUT2D eigenvalue weighted by Gasteiger charge is 2.21. The fourth-order valence-corrected chi connectivity index (χ4v) is 3.30. The Morgan fingerprint density at radius 3 is 2.48 bits per heavy atom. The van der Waals surface area contributed by atoms with Gasteiger partial charge in [0.05, 0.1) is 11.3 Å². The van der Waals surface area contributed by atoms with Gasteiger partial charge in [0.2, 0.25) is 0 Å². The molecule has 0 spiro atoms. The summed E-state index contributed by atoms with van der Waals surface area (Å²) in [4.78, 5) is 15.8. The van der Waals surface area contributed by atoms with Gasteiger partial charge in [-0.15, -0.1) is 0 Å². The van der Waals surface area contributed by atoms with Crippen molar-refractivity contribution in [1.82, 2.24) is 4.90 Å². The largest absolute Gasteiger partial charge is 0.490 e. The van der Waals surface area contributed by atoms with Gasteiger partial charge in [-0.25, -0.2) is 4.39 Å². The zero-order valence-electron chi connectivity index (χ0n) is 15.5. The molecule has 6 heteroatoms. The van der Waals surface area contributed by atoms with Gasteiger partial charge in [-0.05, 0) is 31.2 Å². The predicted molar refractivity (Wildman–Crippen MR) is 103 cm³/mol. The van der Waals surface area contributed by atoms with E-state index in [9.17, 15) is 14.3 Å². The van der Waals surface area contributed by atoms with Crippen LogP contribution in [-0.2, 0) is 0 Å². The number of para-hydroxylation sites is 2. The standard InChI is InChI=1S/C21H25FN2O3/c1-16(25)18-6-2-5-9-21(18)27-15-17(26)14-23-10-12-24(13-11-23)20-8-4-3-7-19(20)22/h2-9,17,26H,10-15H2,1H3. The van der Waals surface area contributed by atoms with Crippen LogP contribution < -0.4 is 9.64 Å². The number of β-amino-alcohol motifs (C(OH)–C–C–N with tert-alkyl or cyclic N) is 1. The van der Waals surface area contributed by atoms with Gasteiger partial charge < -0.3 is 14.7 Å². The average Bonchev–Trinajstić information content (AvgIpc) is 2.68. The van der Waals surface area contributed by atoms with Gasteiger partial charge >= 0.3 is 0 Å². The molecule has 1 N–H and O–H groups in total. The number of carbonyl (C=O) groups excluding carboxylic acids is 1. The van der Waals surface area contributed by atoms with Crippen molar-refractivity contribution in [1.29, 1.82) is 0 Å². The third-order valence-electron chi connectivity index (χ3n) is 4.73. The molecule has 5 nitrogen and oxygen atoms in total. The highest BCUT2D eigenvalue weighted by molar-refractivity contribution is 5.96. The van der Waals surface area contributed by atoms with Crippen molar-refractivity contribution in [3.63, 3.8) is 0 Å². The summed E-state index contributed by atoms with van der Waals surface area (Å²) in [5.41, 5.74) is 1.14. The molecule has 0 bridgehead atoms. The Morgan fingerprint density at radius 2 is 1.78 bits per heavy atom. The number of nitrogens with zero attached hydrogens (tertiary/aromatic N) is 2. The minimum atomic E-state index is -0.662. The molecule has 1 unspecified atom stereocenters. The number of piperazine rings is 1. The third-order valence-corrected chi connectivity index (χ3v) is 4.73. The molecule has 2 aromatic rings. The zero-order chi connectivity index (χ0) is 19.2. The van der Waals surface area contributed by atoms with Crippen molar-refractivity contribution in [2.24, 2.45) is 0 Å². The second kappa shape index (κ2) is 8.97. The van der Waals surface area contributed by atoms with Crippen LogP contribution in [0, 0.1) is 5.82 Å². The van der Waals surface area contributed by atoms with E-state index in [0.717, 1.165) is 13.1 Å².